The molecule has 0 saturated heterocycles. The molecule has 0 aromatic carbocycles. The number of ketones is 1. The molecule has 3 heteroatoms. The predicted molar refractivity (Wildman–Crippen MR) is 62.6 cm³/mol. The van der Waals surface area contributed by atoms with Crippen LogP contribution in [0.4, 0.5) is 0 Å². The summed E-state index contributed by atoms with van der Waals surface area (Å²) in [5.74, 6) is 0.251. The summed E-state index contributed by atoms with van der Waals surface area (Å²) >= 11 is 0. The van der Waals surface area contributed by atoms with E-state index in [0.717, 1.165) is 18.5 Å². The molecule has 1 unspecified atom stereocenters. The van der Waals surface area contributed by atoms with E-state index in [0.29, 0.717) is 6.42 Å². The van der Waals surface area contributed by atoms with E-state index in [1.165, 1.54) is 0 Å². The molecule has 1 atom stereocenters. The van der Waals surface area contributed by atoms with E-state index in [-0.39, 0.29) is 11.3 Å². The van der Waals surface area contributed by atoms with Crippen LogP contribution in [0.25, 0.3) is 0 Å². The lowest BCUT2D eigenvalue weighted by molar-refractivity contribution is -0.117. The average molecular weight is 208 g/mol. The molecule has 3 nitrogen and oxygen atoms in total. The molecule has 15 heavy (non-hydrogen) atoms. The van der Waals surface area contributed by atoms with Crippen LogP contribution in [0.15, 0.2) is 23.9 Å². The molecule has 1 aliphatic rings. The second-order valence-electron chi connectivity index (χ2n) is 4.06. The number of hydrogen-bond acceptors (Lipinski definition) is 3. The number of carbonyl (C=O) groups excluding carboxylic acids is 1. The van der Waals surface area contributed by atoms with Gasteiger partial charge in [-0.3, -0.25) is 0 Å². The van der Waals surface area contributed by atoms with Crippen LogP contribution in [0.1, 0.15) is 26.2 Å². The van der Waals surface area contributed by atoms with Crippen molar-refractivity contribution in [3.05, 3.63) is 23.9 Å². The van der Waals surface area contributed by atoms with Gasteiger partial charge in [-0.25, -0.2) is 0 Å². The average Bonchev–Trinajstić information content (AvgIpc) is 2.27. The van der Waals surface area contributed by atoms with Crippen molar-refractivity contribution in [2.24, 2.45) is 0 Å². The van der Waals surface area contributed by atoms with E-state index >= 15 is 0 Å². The highest BCUT2D eigenvalue weighted by molar-refractivity contribution is 5.75. The third kappa shape index (κ3) is 3.20. The highest BCUT2D eigenvalue weighted by atomic mass is 16.1. The first-order valence-corrected chi connectivity index (χ1v) is 5.37. The molecule has 1 rings (SSSR count). The lowest BCUT2D eigenvalue weighted by Crippen LogP contribution is -2.42. The van der Waals surface area contributed by atoms with E-state index in [2.05, 4.69) is 28.9 Å². The van der Waals surface area contributed by atoms with E-state index in [4.69, 9.17) is 0 Å². The Hall–Kier alpha value is -1.09. The largest absolute Gasteiger partial charge is 0.388 e. The van der Waals surface area contributed by atoms with E-state index in [1.807, 2.05) is 14.1 Å². The molecule has 0 heterocycles. The highest BCUT2D eigenvalue weighted by Crippen LogP contribution is 2.24. The van der Waals surface area contributed by atoms with Gasteiger partial charge in [0.2, 0.25) is 0 Å². The Kier molecular flexibility index (Phi) is 4.09. The fourth-order valence-corrected chi connectivity index (χ4v) is 1.76. The summed E-state index contributed by atoms with van der Waals surface area (Å²) in [4.78, 5) is 11.0. The topological polar surface area (TPSA) is 41.1 Å². The SMILES string of the molecule is CNC1=CCC(CCC(C)=O)(NC)C=C1. The zero-order chi connectivity index (χ0) is 11.3. The lowest BCUT2D eigenvalue weighted by atomic mass is 9.85. The van der Waals surface area contributed by atoms with Crippen molar-refractivity contribution < 1.29 is 4.79 Å². The molecule has 0 saturated carbocycles. The summed E-state index contributed by atoms with van der Waals surface area (Å²) in [5, 5.41) is 6.42. The first kappa shape index (κ1) is 12.0. The maximum Gasteiger partial charge on any atom is 0.129 e. The predicted octanol–water partition coefficient (Wildman–Crippen LogP) is 1.38. The molecule has 84 valence electrons. The summed E-state index contributed by atoms with van der Waals surface area (Å²) in [6.07, 6.45) is 8.82. The van der Waals surface area contributed by atoms with Gasteiger partial charge in [0.25, 0.3) is 0 Å². The third-order valence-electron chi connectivity index (χ3n) is 2.98. The molecule has 0 radical (unpaired) electrons. The third-order valence-corrected chi connectivity index (χ3v) is 2.98. The van der Waals surface area contributed by atoms with E-state index in [9.17, 15) is 4.79 Å². The molecule has 0 aliphatic heterocycles. The highest BCUT2D eigenvalue weighted by Gasteiger charge is 2.26. The summed E-state index contributed by atoms with van der Waals surface area (Å²) in [6, 6.07) is 0. The van der Waals surface area contributed by atoms with Gasteiger partial charge in [0, 0.05) is 24.7 Å². The fourth-order valence-electron chi connectivity index (χ4n) is 1.76. The number of carbonyl (C=O) groups is 1. The first-order valence-electron chi connectivity index (χ1n) is 5.37. The van der Waals surface area contributed by atoms with Crippen LogP contribution in [0.3, 0.4) is 0 Å². The Labute approximate surface area is 91.6 Å². The summed E-state index contributed by atoms with van der Waals surface area (Å²) in [6.45, 7) is 1.64. The van der Waals surface area contributed by atoms with Crippen molar-refractivity contribution >= 4 is 5.78 Å². The van der Waals surface area contributed by atoms with Gasteiger partial charge in [-0.2, -0.15) is 0 Å². The minimum atomic E-state index is -0.0357. The van der Waals surface area contributed by atoms with E-state index in [1.54, 1.807) is 6.92 Å². The molecule has 0 bridgehead atoms. The lowest BCUT2D eigenvalue weighted by Gasteiger charge is -2.32. The van der Waals surface area contributed by atoms with Crippen LogP contribution in [0.5, 0.6) is 0 Å². The Bertz CT molecular complexity index is 294. The number of likely N-dealkylation sites (N-methyl/N-ethyl adjacent to an activating group) is 2. The molecule has 0 fully saturated rings. The monoisotopic (exact) mass is 208 g/mol. The Balaban J connectivity index is 2.61. The molecule has 0 amide bonds. The molecule has 0 spiro atoms. The van der Waals surface area contributed by atoms with Crippen LogP contribution in [-0.2, 0) is 4.79 Å². The quantitative estimate of drug-likeness (QED) is 0.717. The van der Waals surface area contributed by atoms with E-state index < -0.39 is 0 Å². The van der Waals surface area contributed by atoms with Crippen LogP contribution in [0, 0.1) is 0 Å². The number of nitrogens with one attached hydrogen (secondary N) is 2. The van der Waals surface area contributed by atoms with Gasteiger partial charge in [0.05, 0.1) is 0 Å². The number of rotatable bonds is 5. The standard InChI is InChI=1S/C12H20N2O/c1-10(15)4-7-12(14-3)8-5-11(13-2)6-9-12/h5-6,8,13-14H,4,7,9H2,1-3H3. The van der Waals surface area contributed by atoms with Crippen molar-refractivity contribution in [1.29, 1.82) is 0 Å². The van der Waals surface area contributed by atoms with Crippen molar-refractivity contribution in [3.63, 3.8) is 0 Å². The molecular formula is C12H20N2O. The van der Waals surface area contributed by atoms with Gasteiger partial charge < -0.3 is 15.4 Å². The van der Waals surface area contributed by atoms with Crippen LogP contribution >= 0.6 is 0 Å². The Morgan fingerprint density at radius 3 is 2.67 bits per heavy atom. The van der Waals surface area contributed by atoms with Gasteiger partial charge in [-0.1, -0.05) is 12.2 Å². The van der Waals surface area contributed by atoms with Gasteiger partial charge in [0.1, 0.15) is 5.78 Å². The minimum absolute atomic E-state index is 0.0357. The zero-order valence-corrected chi connectivity index (χ0v) is 9.76. The Morgan fingerprint density at radius 2 is 2.27 bits per heavy atom. The summed E-state index contributed by atoms with van der Waals surface area (Å²) in [7, 11) is 3.86. The van der Waals surface area contributed by atoms with Crippen molar-refractivity contribution in [2.75, 3.05) is 14.1 Å². The van der Waals surface area contributed by atoms with Crippen LogP contribution in [0.2, 0.25) is 0 Å². The maximum absolute atomic E-state index is 11.0. The number of allylic oxidation sites excluding steroid dienone is 1. The van der Waals surface area contributed by atoms with Crippen LogP contribution < -0.4 is 10.6 Å². The fraction of sp³-hybridized carbons (Fsp3) is 0.583. The summed E-state index contributed by atoms with van der Waals surface area (Å²) < 4.78 is 0. The van der Waals surface area contributed by atoms with Crippen LogP contribution in [-0.4, -0.2) is 25.4 Å². The van der Waals surface area contributed by atoms with Gasteiger partial charge in [0.15, 0.2) is 0 Å². The summed E-state index contributed by atoms with van der Waals surface area (Å²) in [5.41, 5.74) is 1.11. The second kappa shape index (κ2) is 5.12. The van der Waals surface area contributed by atoms with Gasteiger partial charge in [-0.15, -0.1) is 0 Å². The number of Topliss-reactive ketones (excluding diaryl/α,β-unsaturated/α-hetero) is 1. The normalized spacial score (nSPS) is 24.9. The number of hydrogen-bond donors (Lipinski definition) is 2. The Morgan fingerprint density at radius 1 is 1.53 bits per heavy atom. The molecule has 0 aromatic rings. The molecule has 0 aromatic heterocycles. The smallest absolute Gasteiger partial charge is 0.129 e. The maximum atomic E-state index is 11.0. The molecule has 1 aliphatic carbocycles. The zero-order valence-electron chi connectivity index (χ0n) is 9.76. The first-order chi connectivity index (χ1) is 7.12. The molecular weight excluding hydrogens is 188 g/mol. The van der Waals surface area contributed by atoms with Gasteiger partial charge in [-0.05, 0) is 32.9 Å². The van der Waals surface area contributed by atoms with Crippen molar-refractivity contribution in [3.8, 4) is 0 Å². The van der Waals surface area contributed by atoms with Crippen molar-refractivity contribution in [2.45, 2.75) is 31.7 Å². The van der Waals surface area contributed by atoms with Gasteiger partial charge >= 0.3 is 0 Å². The molecule has 2 N–H and O–H groups in total. The van der Waals surface area contributed by atoms with Crippen molar-refractivity contribution in [1.82, 2.24) is 10.6 Å². The minimum Gasteiger partial charge on any atom is -0.388 e. The second-order valence-corrected chi connectivity index (χ2v) is 4.06.